The van der Waals surface area contributed by atoms with Gasteiger partial charge in [0.25, 0.3) is 0 Å². The number of nitrogens with zero attached hydrogens (tertiary/aromatic N) is 1. The highest BCUT2D eigenvalue weighted by molar-refractivity contribution is 8.01. The van der Waals surface area contributed by atoms with Crippen molar-refractivity contribution in [3.63, 3.8) is 0 Å². The van der Waals surface area contributed by atoms with Gasteiger partial charge in [0.2, 0.25) is 5.91 Å². The van der Waals surface area contributed by atoms with Crippen molar-refractivity contribution in [1.82, 2.24) is 4.90 Å². The monoisotopic (exact) mass is 293 g/mol. The van der Waals surface area contributed by atoms with Crippen LogP contribution in [0, 0.1) is 0 Å². The van der Waals surface area contributed by atoms with E-state index in [1.165, 1.54) is 0 Å². The van der Waals surface area contributed by atoms with Crippen LogP contribution in [0.3, 0.4) is 0 Å². The molecule has 2 aliphatic rings. The first-order valence-electron chi connectivity index (χ1n) is 6.90. The lowest BCUT2D eigenvalue weighted by atomic mass is 10.1. The second kappa shape index (κ2) is 5.30. The summed E-state index contributed by atoms with van der Waals surface area (Å²) in [6, 6.07) is 7.08. The Morgan fingerprint density at radius 2 is 2.30 bits per heavy atom. The number of carbonyl (C=O) groups excluding carboxylic acids is 1. The second-order valence-corrected chi connectivity index (χ2v) is 6.59. The molecule has 1 amide bonds. The topological polar surface area (TPSA) is 49.8 Å². The van der Waals surface area contributed by atoms with Gasteiger partial charge in [0.15, 0.2) is 0 Å². The fourth-order valence-corrected chi connectivity index (χ4v) is 3.48. The highest BCUT2D eigenvalue weighted by Gasteiger charge is 2.51. The Balaban J connectivity index is 1.72. The van der Waals surface area contributed by atoms with E-state index in [4.69, 9.17) is 4.74 Å². The number of amides is 1. The number of morpholine rings is 1. The van der Waals surface area contributed by atoms with Gasteiger partial charge in [-0.25, -0.2) is 0 Å². The highest BCUT2D eigenvalue weighted by atomic mass is 32.2. The van der Waals surface area contributed by atoms with Gasteiger partial charge in [-0.15, -0.1) is 11.8 Å². The smallest absolute Gasteiger partial charge is 0.238 e. The van der Waals surface area contributed by atoms with E-state index in [0.29, 0.717) is 19.7 Å². The predicted molar refractivity (Wildman–Crippen MR) is 78.9 cm³/mol. The molecule has 1 heterocycles. The van der Waals surface area contributed by atoms with Crippen molar-refractivity contribution in [2.24, 2.45) is 0 Å². The molecule has 1 aromatic rings. The van der Waals surface area contributed by atoms with E-state index in [9.17, 15) is 9.90 Å². The van der Waals surface area contributed by atoms with Crippen molar-refractivity contribution in [1.29, 1.82) is 0 Å². The van der Waals surface area contributed by atoms with Gasteiger partial charge in [-0.2, -0.15) is 0 Å². The van der Waals surface area contributed by atoms with Crippen molar-refractivity contribution in [3.8, 4) is 5.75 Å². The zero-order valence-electron chi connectivity index (χ0n) is 11.5. The molecule has 0 bridgehead atoms. The summed E-state index contributed by atoms with van der Waals surface area (Å²) in [5.74, 6) is 0.482. The summed E-state index contributed by atoms with van der Waals surface area (Å²) in [6.45, 7) is 1.79. The molecule has 4 nitrogen and oxygen atoms in total. The molecule has 1 N–H and O–H groups in total. The Kier molecular flexibility index (Phi) is 3.65. The van der Waals surface area contributed by atoms with Crippen LogP contribution in [0.5, 0.6) is 5.75 Å². The Hall–Kier alpha value is -1.20. The van der Waals surface area contributed by atoms with Crippen LogP contribution in [0.4, 0.5) is 0 Å². The fraction of sp³-hybridized carbons (Fsp3) is 0.533. The van der Waals surface area contributed by atoms with E-state index < -0.39 is 0 Å². The lowest BCUT2D eigenvalue weighted by molar-refractivity contribution is -0.139. The zero-order chi connectivity index (χ0) is 14.2. The number of thioether (sulfide) groups is 1. The van der Waals surface area contributed by atoms with Crippen molar-refractivity contribution >= 4 is 17.7 Å². The maximum absolute atomic E-state index is 12.6. The lowest BCUT2D eigenvalue weighted by Crippen LogP contribution is -2.46. The number of hydrogen-bond donors (Lipinski definition) is 1. The number of phenols is 1. The molecule has 0 radical (unpaired) electrons. The largest absolute Gasteiger partial charge is 0.508 e. The minimum atomic E-state index is -0.166. The zero-order valence-corrected chi connectivity index (χ0v) is 12.4. The number of rotatable bonds is 3. The molecule has 5 heteroatoms. The molecule has 2 fully saturated rings. The molecule has 108 valence electrons. The maximum atomic E-state index is 12.6. The van der Waals surface area contributed by atoms with Crippen molar-refractivity contribution < 1.29 is 14.6 Å². The summed E-state index contributed by atoms with van der Waals surface area (Å²) in [6.07, 6.45) is 3.85. The van der Waals surface area contributed by atoms with E-state index in [0.717, 1.165) is 18.4 Å². The molecule has 1 aliphatic carbocycles. The van der Waals surface area contributed by atoms with Crippen LogP contribution >= 0.6 is 11.8 Å². The molecule has 20 heavy (non-hydrogen) atoms. The number of ether oxygens (including phenoxy) is 1. The van der Waals surface area contributed by atoms with Crippen LogP contribution in [-0.4, -0.2) is 46.6 Å². The molecule has 0 spiro atoms. The molecule has 1 aliphatic heterocycles. The quantitative estimate of drug-likeness (QED) is 0.928. The summed E-state index contributed by atoms with van der Waals surface area (Å²) >= 11 is 1.67. The Morgan fingerprint density at radius 1 is 1.50 bits per heavy atom. The Labute approximate surface area is 123 Å². The SMILES string of the molecule is CSC1(C(=O)N2CCO[C@H](c3cccc(O)c3)C2)CC1. The molecule has 1 atom stereocenters. The molecule has 1 saturated heterocycles. The van der Waals surface area contributed by atoms with Gasteiger partial charge in [-0.3, -0.25) is 4.79 Å². The summed E-state index contributed by atoms with van der Waals surface area (Å²) in [7, 11) is 0. The Bertz CT molecular complexity index is 516. The second-order valence-electron chi connectivity index (χ2n) is 5.40. The fourth-order valence-electron chi connectivity index (χ4n) is 2.67. The van der Waals surface area contributed by atoms with Gasteiger partial charge < -0.3 is 14.7 Å². The van der Waals surface area contributed by atoms with Crippen LogP contribution in [0.2, 0.25) is 0 Å². The standard InChI is InChI=1S/C15H19NO3S/c1-20-15(5-6-15)14(18)16-7-8-19-13(10-16)11-3-2-4-12(17)9-11/h2-4,9,13,17H,5-8,10H2,1H3/t13-/m0/s1. The predicted octanol–water partition coefficient (Wildman–Crippen LogP) is 2.19. The molecular weight excluding hydrogens is 274 g/mol. The van der Waals surface area contributed by atoms with Gasteiger partial charge in [0.1, 0.15) is 11.9 Å². The first-order valence-corrected chi connectivity index (χ1v) is 8.12. The number of carbonyl (C=O) groups is 1. The maximum Gasteiger partial charge on any atom is 0.238 e. The third-order valence-corrected chi connectivity index (χ3v) is 5.44. The third-order valence-electron chi connectivity index (χ3n) is 4.08. The average molecular weight is 293 g/mol. The van der Waals surface area contributed by atoms with E-state index >= 15 is 0 Å². The van der Waals surface area contributed by atoms with Crippen LogP contribution in [0.25, 0.3) is 0 Å². The molecule has 3 rings (SSSR count). The first kappa shape index (κ1) is 13.8. The molecule has 0 unspecified atom stereocenters. The van der Waals surface area contributed by atoms with E-state index in [1.807, 2.05) is 17.2 Å². The van der Waals surface area contributed by atoms with E-state index in [2.05, 4.69) is 0 Å². The van der Waals surface area contributed by atoms with Crippen molar-refractivity contribution in [3.05, 3.63) is 29.8 Å². The normalized spacial score (nSPS) is 24.4. The lowest BCUT2D eigenvalue weighted by Gasteiger charge is -2.35. The van der Waals surface area contributed by atoms with Crippen LogP contribution < -0.4 is 0 Å². The Morgan fingerprint density at radius 3 is 2.95 bits per heavy atom. The highest BCUT2D eigenvalue weighted by Crippen LogP contribution is 2.48. The van der Waals surface area contributed by atoms with Gasteiger partial charge in [-0.1, -0.05) is 12.1 Å². The summed E-state index contributed by atoms with van der Waals surface area (Å²) in [4.78, 5) is 14.5. The number of phenolic OH excluding ortho intramolecular Hbond substituents is 1. The molecule has 0 aromatic heterocycles. The van der Waals surface area contributed by atoms with Gasteiger partial charge in [0, 0.05) is 6.54 Å². The summed E-state index contributed by atoms with van der Waals surface area (Å²) in [5, 5.41) is 9.56. The van der Waals surface area contributed by atoms with Gasteiger partial charge >= 0.3 is 0 Å². The first-order chi connectivity index (χ1) is 9.64. The number of hydrogen-bond acceptors (Lipinski definition) is 4. The molecule has 1 saturated carbocycles. The number of aromatic hydroxyl groups is 1. The van der Waals surface area contributed by atoms with Crippen molar-refractivity contribution in [2.75, 3.05) is 26.0 Å². The van der Waals surface area contributed by atoms with Crippen LogP contribution in [-0.2, 0) is 9.53 Å². The van der Waals surface area contributed by atoms with E-state index in [1.54, 1.807) is 30.0 Å². The van der Waals surface area contributed by atoms with Gasteiger partial charge in [-0.05, 0) is 36.8 Å². The summed E-state index contributed by atoms with van der Waals surface area (Å²) < 4.78 is 5.59. The van der Waals surface area contributed by atoms with Crippen LogP contribution in [0.15, 0.2) is 24.3 Å². The third kappa shape index (κ3) is 2.52. The van der Waals surface area contributed by atoms with Gasteiger partial charge in [0.05, 0.1) is 17.9 Å². The molecule has 1 aromatic carbocycles. The van der Waals surface area contributed by atoms with E-state index in [-0.39, 0.29) is 22.5 Å². The average Bonchev–Trinajstić information content (AvgIpc) is 3.28. The number of benzene rings is 1. The summed E-state index contributed by atoms with van der Waals surface area (Å²) in [5.41, 5.74) is 0.927. The van der Waals surface area contributed by atoms with Crippen molar-refractivity contribution in [2.45, 2.75) is 23.7 Å². The minimum absolute atomic E-state index is 0.141. The minimum Gasteiger partial charge on any atom is -0.508 e. The molecular formula is C15H19NO3S. The van der Waals surface area contributed by atoms with Crippen LogP contribution in [0.1, 0.15) is 24.5 Å².